The summed E-state index contributed by atoms with van der Waals surface area (Å²) in [5.74, 6) is 7.29. The fourth-order valence-electron chi connectivity index (χ4n) is 3.32. The Labute approximate surface area is 184 Å². The Morgan fingerprint density at radius 2 is 2.29 bits per heavy atom. The van der Waals surface area contributed by atoms with E-state index in [1.165, 1.54) is 12.4 Å². The molecule has 1 aromatic carbocycles. The molecule has 0 radical (unpaired) electrons. The highest BCUT2D eigenvalue weighted by atomic mass is 35.5. The van der Waals surface area contributed by atoms with Gasteiger partial charge in [0, 0.05) is 25.2 Å². The number of aromatic nitrogens is 3. The molecule has 31 heavy (non-hydrogen) atoms. The highest BCUT2D eigenvalue weighted by Gasteiger charge is 2.23. The number of benzene rings is 1. The fourth-order valence-corrected chi connectivity index (χ4v) is 3.51. The number of hydrogen-bond acceptors (Lipinski definition) is 5. The number of carbonyl (C=O) groups is 1. The smallest absolute Gasteiger partial charge is 0.245 e. The number of carbonyl (C=O) groups excluding carboxylic acids is 1. The van der Waals surface area contributed by atoms with E-state index in [-0.39, 0.29) is 18.4 Å². The first-order valence-corrected chi connectivity index (χ1v) is 10.2. The molecule has 0 aliphatic carbocycles. The topological polar surface area (TPSA) is 83.5 Å². The molecule has 156 valence electrons. The molecule has 0 bridgehead atoms. The summed E-state index contributed by atoms with van der Waals surface area (Å²) in [6.45, 7) is 5.09. The van der Waals surface area contributed by atoms with Crippen LogP contribution in [0.2, 0.25) is 5.02 Å². The average molecular weight is 434 g/mol. The third kappa shape index (κ3) is 4.93. The van der Waals surface area contributed by atoms with Gasteiger partial charge in [-0.1, -0.05) is 36.2 Å². The summed E-state index contributed by atoms with van der Waals surface area (Å²) in [5.41, 5.74) is 1.35. The van der Waals surface area contributed by atoms with Crippen LogP contribution in [0.15, 0.2) is 54.3 Å². The van der Waals surface area contributed by atoms with Gasteiger partial charge in [0.1, 0.15) is 24.3 Å². The van der Waals surface area contributed by atoms with Crippen LogP contribution in [0.4, 0.5) is 5.82 Å². The summed E-state index contributed by atoms with van der Waals surface area (Å²) in [5, 5.41) is 1.33. The van der Waals surface area contributed by atoms with Gasteiger partial charge in [0.15, 0.2) is 5.82 Å². The molecular weight excluding hydrogens is 414 g/mol. The number of fused-ring (bicyclic) bond motifs is 1. The van der Waals surface area contributed by atoms with E-state index in [0.29, 0.717) is 41.0 Å². The second-order valence-electron chi connectivity index (χ2n) is 6.98. The van der Waals surface area contributed by atoms with Gasteiger partial charge in [-0.15, -0.1) is 0 Å². The number of halogens is 1. The van der Waals surface area contributed by atoms with Crippen molar-refractivity contribution in [2.45, 2.75) is 6.42 Å². The van der Waals surface area contributed by atoms with Crippen molar-refractivity contribution in [1.29, 1.82) is 0 Å². The Bertz CT molecular complexity index is 1210. The molecule has 3 aromatic rings. The number of nitrogens with one attached hydrogen (secondary N) is 1. The lowest BCUT2D eigenvalue weighted by Gasteiger charge is -2.12. The number of rotatable bonds is 5. The zero-order valence-corrected chi connectivity index (χ0v) is 17.5. The number of para-hydroxylation sites is 1. The Morgan fingerprint density at radius 3 is 3.13 bits per heavy atom. The van der Waals surface area contributed by atoms with Crippen molar-refractivity contribution in [2.24, 2.45) is 10.9 Å². The largest absolute Gasteiger partial charge is 0.479 e. The number of likely N-dealkylation sites (tertiary alicyclic amines) is 1. The quantitative estimate of drug-likeness (QED) is 0.377. The van der Waals surface area contributed by atoms with Gasteiger partial charge >= 0.3 is 0 Å². The molecule has 8 heteroatoms. The maximum Gasteiger partial charge on any atom is 0.245 e. The Morgan fingerprint density at radius 1 is 1.42 bits per heavy atom. The molecule has 0 spiro atoms. The van der Waals surface area contributed by atoms with Crippen LogP contribution in [0.25, 0.3) is 11.0 Å². The molecular formula is C23H20ClN5O2. The first-order chi connectivity index (χ1) is 15.1. The number of amides is 1. The fraction of sp³-hybridized carbons (Fsp3) is 0.217. The van der Waals surface area contributed by atoms with Crippen molar-refractivity contribution in [1.82, 2.24) is 19.9 Å². The molecule has 0 saturated carbocycles. The van der Waals surface area contributed by atoms with Gasteiger partial charge in [0.25, 0.3) is 0 Å². The van der Waals surface area contributed by atoms with Gasteiger partial charge in [0.2, 0.25) is 5.91 Å². The van der Waals surface area contributed by atoms with Crippen LogP contribution in [0.3, 0.4) is 0 Å². The SMILES string of the molecule is C=CC(=O)N1CCC(C=Nc2ncnc3[nH]c(C#CCOc4ccccc4Cl)cc23)C1. The highest BCUT2D eigenvalue weighted by molar-refractivity contribution is 6.32. The highest BCUT2D eigenvalue weighted by Crippen LogP contribution is 2.24. The molecule has 1 saturated heterocycles. The first kappa shape index (κ1) is 20.6. The van der Waals surface area contributed by atoms with E-state index in [9.17, 15) is 4.79 Å². The lowest BCUT2D eigenvalue weighted by Crippen LogP contribution is -2.26. The number of aliphatic imine (C=N–C) groups is 1. The number of H-pyrrole nitrogens is 1. The van der Waals surface area contributed by atoms with Gasteiger partial charge in [-0.25, -0.2) is 15.0 Å². The van der Waals surface area contributed by atoms with Crippen molar-refractivity contribution in [3.8, 4) is 17.6 Å². The Hall–Kier alpha value is -3.63. The Balaban J connectivity index is 1.43. The van der Waals surface area contributed by atoms with Gasteiger partial charge in [0.05, 0.1) is 16.1 Å². The van der Waals surface area contributed by atoms with E-state index in [1.54, 1.807) is 17.0 Å². The summed E-state index contributed by atoms with van der Waals surface area (Å²) in [4.78, 5) is 29.7. The summed E-state index contributed by atoms with van der Waals surface area (Å²) >= 11 is 6.07. The van der Waals surface area contributed by atoms with Crippen LogP contribution in [0.1, 0.15) is 12.1 Å². The maximum atomic E-state index is 11.7. The summed E-state index contributed by atoms with van der Waals surface area (Å²) in [6.07, 6.45) is 5.53. The van der Waals surface area contributed by atoms with Crippen molar-refractivity contribution < 1.29 is 9.53 Å². The minimum atomic E-state index is -0.0484. The summed E-state index contributed by atoms with van der Waals surface area (Å²) in [6, 6.07) is 9.13. The number of hydrogen-bond donors (Lipinski definition) is 1. The van der Waals surface area contributed by atoms with E-state index >= 15 is 0 Å². The van der Waals surface area contributed by atoms with Crippen LogP contribution in [0, 0.1) is 17.8 Å². The van der Waals surface area contributed by atoms with Crippen LogP contribution in [-0.2, 0) is 4.79 Å². The van der Waals surface area contributed by atoms with Crippen LogP contribution >= 0.6 is 11.6 Å². The van der Waals surface area contributed by atoms with E-state index in [4.69, 9.17) is 16.3 Å². The number of ether oxygens (including phenoxy) is 1. The van der Waals surface area contributed by atoms with Crippen molar-refractivity contribution >= 4 is 40.6 Å². The van der Waals surface area contributed by atoms with Gasteiger partial charge < -0.3 is 14.6 Å². The monoisotopic (exact) mass is 433 g/mol. The van der Waals surface area contributed by atoms with Crippen molar-refractivity contribution in [3.63, 3.8) is 0 Å². The molecule has 1 unspecified atom stereocenters. The number of nitrogens with zero attached hydrogens (tertiary/aromatic N) is 4. The van der Waals surface area contributed by atoms with Crippen LogP contribution in [-0.4, -0.2) is 51.7 Å². The minimum absolute atomic E-state index is 0.0484. The molecule has 1 aliphatic heterocycles. The Kier molecular flexibility index (Phi) is 6.29. The third-order valence-electron chi connectivity index (χ3n) is 4.88. The molecule has 1 N–H and O–H groups in total. The molecule has 7 nitrogen and oxygen atoms in total. The normalized spacial score (nSPS) is 15.8. The number of aromatic amines is 1. The summed E-state index contributed by atoms with van der Waals surface area (Å²) in [7, 11) is 0. The van der Waals surface area contributed by atoms with Crippen LogP contribution < -0.4 is 4.74 Å². The zero-order valence-electron chi connectivity index (χ0n) is 16.7. The van der Waals surface area contributed by atoms with Crippen molar-refractivity contribution in [2.75, 3.05) is 19.7 Å². The molecule has 4 rings (SSSR count). The predicted octanol–water partition coefficient (Wildman–Crippen LogP) is 3.78. The molecule has 1 amide bonds. The van der Waals surface area contributed by atoms with Crippen molar-refractivity contribution in [3.05, 3.63) is 60.0 Å². The predicted molar refractivity (Wildman–Crippen MR) is 121 cm³/mol. The standard InChI is InChI=1S/C23H20ClN5O2/c1-2-21(30)29-10-9-16(14-29)13-25-22-18-12-17(28-23(18)27-15-26-22)6-5-11-31-20-8-4-3-7-19(20)24/h2-4,7-8,12-13,15-16H,1,9-11,14H2,(H,26,27,28). The molecule has 3 heterocycles. The third-order valence-corrected chi connectivity index (χ3v) is 5.20. The summed E-state index contributed by atoms with van der Waals surface area (Å²) < 4.78 is 5.58. The average Bonchev–Trinajstić information content (AvgIpc) is 3.43. The first-order valence-electron chi connectivity index (χ1n) is 9.79. The molecule has 1 fully saturated rings. The molecule has 1 atom stereocenters. The van der Waals surface area contributed by atoms with Crippen LogP contribution in [0.5, 0.6) is 5.75 Å². The maximum absolute atomic E-state index is 11.7. The zero-order chi connectivity index (χ0) is 21.6. The molecule has 1 aliphatic rings. The van der Waals surface area contributed by atoms with Gasteiger partial charge in [-0.3, -0.25) is 4.79 Å². The van der Waals surface area contributed by atoms with E-state index < -0.39 is 0 Å². The lowest BCUT2D eigenvalue weighted by atomic mass is 10.1. The van der Waals surface area contributed by atoms with E-state index in [0.717, 1.165) is 11.8 Å². The van der Waals surface area contributed by atoms with E-state index in [1.807, 2.05) is 24.4 Å². The van der Waals surface area contributed by atoms with E-state index in [2.05, 4.69) is 38.4 Å². The van der Waals surface area contributed by atoms with Gasteiger partial charge in [-0.2, -0.15) is 0 Å². The minimum Gasteiger partial charge on any atom is -0.479 e. The second kappa shape index (κ2) is 9.45. The second-order valence-corrected chi connectivity index (χ2v) is 7.39. The van der Waals surface area contributed by atoms with Gasteiger partial charge in [-0.05, 0) is 36.6 Å². The molecule has 2 aromatic heterocycles. The lowest BCUT2D eigenvalue weighted by molar-refractivity contribution is -0.125.